The van der Waals surface area contributed by atoms with E-state index in [2.05, 4.69) is 15.3 Å². The molecule has 1 aliphatic heterocycles. The molecule has 1 aromatic heterocycles. The molecule has 0 atom stereocenters. The van der Waals surface area contributed by atoms with Crippen molar-refractivity contribution >= 4 is 17.6 Å². The topological polar surface area (TPSA) is 107 Å². The average Bonchev–Trinajstić information content (AvgIpc) is 2.75. The number of nitrogens with zero attached hydrogens (tertiary/aromatic N) is 3. The Hall–Kier alpha value is -3.00. The third-order valence-electron chi connectivity index (χ3n) is 5.00. The Bertz CT molecular complexity index is 774. The summed E-state index contributed by atoms with van der Waals surface area (Å²) in [5.74, 6) is 0.821. The summed E-state index contributed by atoms with van der Waals surface area (Å²) in [6.45, 7) is 1.41. The summed E-state index contributed by atoms with van der Waals surface area (Å²) in [4.78, 5) is 33.8. The van der Waals surface area contributed by atoms with Crippen molar-refractivity contribution in [3.63, 3.8) is 0 Å². The monoisotopic (exact) mass is 383 g/mol. The maximum Gasteiger partial charge on any atom is 0.321 e. The van der Waals surface area contributed by atoms with Gasteiger partial charge < -0.3 is 10.2 Å². The summed E-state index contributed by atoms with van der Waals surface area (Å²) in [5, 5.41) is 11.4. The van der Waals surface area contributed by atoms with E-state index in [9.17, 15) is 9.59 Å². The molecule has 0 radical (unpaired) electrons. The first-order chi connectivity index (χ1) is 13.7. The van der Waals surface area contributed by atoms with Crippen LogP contribution in [-0.2, 0) is 4.79 Å². The lowest BCUT2D eigenvalue weighted by Crippen LogP contribution is -2.41. The van der Waals surface area contributed by atoms with Gasteiger partial charge in [0.1, 0.15) is 0 Å². The second-order valence-corrected chi connectivity index (χ2v) is 6.94. The summed E-state index contributed by atoms with van der Waals surface area (Å²) in [6.07, 6.45) is 7.27. The van der Waals surface area contributed by atoms with Crippen molar-refractivity contribution in [3.05, 3.63) is 42.7 Å². The first-order valence-electron chi connectivity index (χ1n) is 9.52. The Morgan fingerprint density at radius 3 is 2.43 bits per heavy atom. The number of hydroxylamine groups is 1. The van der Waals surface area contributed by atoms with Crippen LogP contribution in [0.15, 0.2) is 42.7 Å². The maximum atomic E-state index is 12.5. The lowest BCUT2D eigenvalue weighted by Gasteiger charge is -2.32. The summed E-state index contributed by atoms with van der Waals surface area (Å²) in [7, 11) is 0. The molecule has 3 rings (SSSR count). The van der Waals surface area contributed by atoms with Crippen LogP contribution in [0.5, 0.6) is 0 Å². The normalized spacial score (nSPS) is 14.5. The van der Waals surface area contributed by atoms with E-state index in [0.717, 1.165) is 36.9 Å². The first kappa shape index (κ1) is 19.8. The number of rotatable bonds is 6. The fourth-order valence-corrected chi connectivity index (χ4v) is 3.39. The van der Waals surface area contributed by atoms with Crippen LogP contribution in [0.2, 0.25) is 0 Å². The lowest BCUT2D eigenvalue weighted by atomic mass is 9.91. The van der Waals surface area contributed by atoms with Gasteiger partial charge in [-0.2, -0.15) is 0 Å². The first-order valence-corrected chi connectivity index (χ1v) is 9.52. The van der Waals surface area contributed by atoms with Crippen molar-refractivity contribution in [2.75, 3.05) is 18.4 Å². The Labute approximate surface area is 164 Å². The van der Waals surface area contributed by atoms with E-state index < -0.39 is 0 Å². The second-order valence-electron chi connectivity index (χ2n) is 6.94. The Kier molecular flexibility index (Phi) is 6.91. The Balaban J connectivity index is 1.44. The fourth-order valence-electron chi connectivity index (χ4n) is 3.39. The van der Waals surface area contributed by atoms with Gasteiger partial charge in [-0.25, -0.2) is 20.2 Å². The van der Waals surface area contributed by atoms with Crippen LogP contribution in [-0.4, -0.2) is 45.1 Å². The molecule has 1 aliphatic rings. The van der Waals surface area contributed by atoms with Crippen LogP contribution < -0.4 is 10.8 Å². The molecule has 1 fully saturated rings. The number of piperidine rings is 1. The molecule has 2 heterocycles. The Morgan fingerprint density at radius 1 is 1.11 bits per heavy atom. The maximum absolute atomic E-state index is 12.5. The molecule has 3 amide bonds. The number of hydrogen-bond donors (Lipinski definition) is 3. The predicted molar refractivity (Wildman–Crippen MR) is 105 cm³/mol. The fraction of sp³-hybridized carbons (Fsp3) is 0.400. The van der Waals surface area contributed by atoms with Gasteiger partial charge in [-0.3, -0.25) is 10.0 Å². The summed E-state index contributed by atoms with van der Waals surface area (Å²) >= 11 is 0. The highest BCUT2D eigenvalue weighted by molar-refractivity contribution is 5.89. The zero-order valence-corrected chi connectivity index (χ0v) is 15.7. The third kappa shape index (κ3) is 5.50. The molecule has 0 aliphatic carbocycles. The number of nitrogens with one attached hydrogen (secondary N) is 2. The van der Waals surface area contributed by atoms with Crippen LogP contribution in [0.25, 0.3) is 11.4 Å². The van der Waals surface area contributed by atoms with E-state index in [1.165, 1.54) is 0 Å². The third-order valence-corrected chi connectivity index (χ3v) is 5.00. The van der Waals surface area contributed by atoms with Gasteiger partial charge in [-0.05, 0) is 61.9 Å². The molecule has 0 spiro atoms. The molecule has 0 saturated carbocycles. The standard InChI is InChI=1S/C20H25N5O3/c26-18(24-28)4-1-3-15-9-13-25(14-10-15)20(27)23-17-7-5-16(6-8-17)19-21-11-2-12-22-19/h2,5-8,11-12,15,28H,1,3-4,9-10,13-14H2,(H,23,27)(H,24,26). The highest BCUT2D eigenvalue weighted by atomic mass is 16.5. The van der Waals surface area contributed by atoms with E-state index >= 15 is 0 Å². The Morgan fingerprint density at radius 2 is 1.79 bits per heavy atom. The van der Waals surface area contributed by atoms with E-state index in [1.807, 2.05) is 29.2 Å². The van der Waals surface area contributed by atoms with Crippen LogP contribution >= 0.6 is 0 Å². The van der Waals surface area contributed by atoms with Gasteiger partial charge in [0, 0.05) is 43.2 Å². The predicted octanol–water partition coefficient (Wildman–Crippen LogP) is 3.06. The molecule has 0 bridgehead atoms. The minimum Gasteiger partial charge on any atom is -0.325 e. The SMILES string of the molecule is O=C(CCCC1CCN(C(=O)Nc2ccc(-c3ncccn3)cc2)CC1)NO. The lowest BCUT2D eigenvalue weighted by molar-refractivity contribution is -0.129. The van der Waals surface area contributed by atoms with Gasteiger partial charge in [-0.1, -0.05) is 0 Å². The second kappa shape index (κ2) is 9.80. The highest BCUT2D eigenvalue weighted by Crippen LogP contribution is 2.23. The van der Waals surface area contributed by atoms with Crippen molar-refractivity contribution in [1.82, 2.24) is 20.3 Å². The van der Waals surface area contributed by atoms with Crippen LogP contribution in [0.3, 0.4) is 0 Å². The van der Waals surface area contributed by atoms with Gasteiger partial charge >= 0.3 is 6.03 Å². The van der Waals surface area contributed by atoms with Gasteiger partial charge in [-0.15, -0.1) is 0 Å². The largest absolute Gasteiger partial charge is 0.325 e. The number of carbonyl (C=O) groups excluding carboxylic acids is 2. The molecular weight excluding hydrogens is 358 g/mol. The van der Waals surface area contributed by atoms with E-state index in [1.54, 1.807) is 23.9 Å². The quantitative estimate of drug-likeness (QED) is 0.525. The van der Waals surface area contributed by atoms with Gasteiger partial charge in [0.2, 0.25) is 5.91 Å². The smallest absolute Gasteiger partial charge is 0.321 e. The highest BCUT2D eigenvalue weighted by Gasteiger charge is 2.22. The molecule has 148 valence electrons. The summed E-state index contributed by atoms with van der Waals surface area (Å²) < 4.78 is 0. The number of aromatic nitrogens is 2. The van der Waals surface area contributed by atoms with Crippen molar-refractivity contribution in [2.24, 2.45) is 5.92 Å². The zero-order valence-electron chi connectivity index (χ0n) is 15.7. The van der Waals surface area contributed by atoms with Gasteiger partial charge in [0.15, 0.2) is 5.82 Å². The molecule has 2 aromatic rings. The van der Waals surface area contributed by atoms with Crippen LogP contribution in [0.1, 0.15) is 32.1 Å². The number of likely N-dealkylation sites (tertiary alicyclic amines) is 1. The number of urea groups is 1. The minimum absolute atomic E-state index is 0.0955. The van der Waals surface area contributed by atoms with E-state index in [0.29, 0.717) is 31.3 Å². The van der Waals surface area contributed by atoms with Gasteiger partial charge in [0.05, 0.1) is 0 Å². The average molecular weight is 383 g/mol. The summed E-state index contributed by atoms with van der Waals surface area (Å²) in [5.41, 5.74) is 3.29. The van der Waals surface area contributed by atoms with Crippen LogP contribution in [0.4, 0.5) is 10.5 Å². The number of amides is 3. The molecular formula is C20H25N5O3. The van der Waals surface area contributed by atoms with E-state index in [-0.39, 0.29) is 11.9 Å². The van der Waals surface area contributed by atoms with Gasteiger partial charge in [0.25, 0.3) is 0 Å². The molecule has 0 unspecified atom stereocenters. The molecule has 3 N–H and O–H groups in total. The number of benzene rings is 1. The minimum atomic E-state index is -0.346. The number of hydrogen-bond acceptors (Lipinski definition) is 5. The molecule has 1 aromatic carbocycles. The number of carbonyl (C=O) groups is 2. The molecule has 28 heavy (non-hydrogen) atoms. The van der Waals surface area contributed by atoms with Crippen LogP contribution in [0, 0.1) is 5.92 Å². The van der Waals surface area contributed by atoms with Crippen molar-refractivity contribution in [2.45, 2.75) is 32.1 Å². The molecule has 1 saturated heterocycles. The van der Waals surface area contributed by atoms with E-state index in [4.69, 9.17) is 5.21 Å². The molecule has 8 nitrogen and oxygen atoms in total. The van der Waals surface area contributed by atoms with Crippen molar-refractivity contribution < 1.29 is 14.8 Å². The van der Waals surface area contributed by atoms with Crippen molar-refractivity contribution in [1.29, 1.82) is 0 Å². The summed E-state index contributed by atoms with van der Waals surface area (Å²) in [6, 6.07) is 9.15. The van der Waals surface area contributed by atoms with Crippen molar-refractivity contribution in [3.8, 4) is 11.4 Å². The zero-order chi connectivity index (χ0) is 19.8. The number of anilines is 1. The molecule has 8 heteroatoms.